The van der Waals surface area contributed by atoms with E-state index < -0.39 is 29.0 Å². The highest BCUT2D eigenvalue weighted by molar-refractivity contribution is 7.85. The van der Waals surface area contributed by atoms with Gasteiger partial charge in [-0.1, -0.05) is 0 Å². The van der Waals surface area contributed by atoms with Crippen LogP contribution in [0.3, 0.4) is 0 Å². The van der Waals surface area contributed by atoms with Gasteiger partial charge in [0.2, 0.25) is 5.91 Å². The summed E-state index contributed by atoms with van der Waals surface area (Å²) in [6.45, 7) is 0. The van der Waals surface area contributed by atoms with Crippen LogP contribution < -0.4 is 5.32 Å². The fraction of sp³-hybridized carbons (Fsp3) is 0.818. The Bertz CT molecular complexity index is 362. The molecule has 2 N–H and O–H groups in total. The van der Waals surface area contributed by atoms with E-state index >= 15 is 0 Å². The van der Waals surface area contributed by atoms with E-state index in [4.69, 9.17) is 9.84 Å². The zero-order valence-electron chi connectivity index (χ0n) is 9.96. The Hall–Kier alpha value is -0.950. The molecule has 2 heterocycles. The monoisotopic (exact) mass is 275 g/mol. The Balaban J connectivity index is 1.78. The number of hydrogen-bond donors (Lipinski definition) is 2. The predicted octanol–water partition coefficient (Wildman–Crippen LogP) is -0.354. The molecular formula is C11H17NO5S. The molecule has 2 aliphatic heterocycles. The largest absolute Gasteiger partial charge is 0.479 e. The van der Waals surface area contributed by atoms with Gasteiger partial charge in [-0.05, 0) is 25.7 Å². The minimum Gasteiger partial charge on any atom is -0.479 e. The maximum absolute atomic E-state index is 11.9. The van der Waals surface area contributed by atoms with Crippen LogP contribution in [0.15, 0.2) is 0 Å². The standard InChI is InChI=1S/C11H17NO5S/c13-10(8-1-2-9(17-8)11(14)15)12-7-3-5-18(16)6-4-7/h7-9H,1-6H2,(H,12,13)(H,14,15). The van der Waals surface area contributed by atoms with Crippen LogP contribution in [0.1, 0.15) is 25.7 Å². The van der Waals surface area contributed by atoms with E-state index in [1.807, 2.05) is 0 Å². The zero-order chi connectivity index (χ0) is 13.1. The lowest BCUT2D eigenvalue weighted by Gasteiger charge is -2.24. The van der Waals surface area contributed by atoms with Gasteiger partial charge >= 0.3 is 5.97 Å². The van der Waals surface area contributed by atoms with Crippen molar-refractivity contribution in [3.8, 4) is 0 Å². The van der Waals surface area contributed by atoms with Gasteiger partial charge in [-0.2, -0.15) is 0 Å². The summed E-state index contributed by atoms with van der Waals surface area (Å²) in [4.78, 5) is 22.6. The first kappa shape index (κ1) is 13.5. The van der Waals surface area contributed by atoms with E-state index in [1.54, 1.807) is 0 Å². The van der Waals surface area contributed by atoms with Gasteiger partial charge < -0.3 is 15.2 Å². The molecule has 0 bridgehead atoms. The Morgan fingerprint density at radius 2 is 1.72 bits per heavy atom. The van der Waals surface area contributed by atoms with E-state index in [2.05, 4.69) is 5.32 Å². The quantitative estimate of drug-likeness (QED) is 0.734. The minimum atomic E-state index is -1.02. The number of carboxylic acid groups (broad SMARTS) is 1. The number of rotatable bonds is 3. The first-order chi connectivity index (χ1) is 8.56. The van der Waals surface area contributed by atoms with Crippen molar-refractivity contribution >= 4 is 22.7 Å². The number of carboxylic acids is 1. The molecule has 7 heteroatoms. The van der Waals surface area contributed by atoms with Crippen LogP contribution in [0.2, 0.25) is 0 Å². The van der Waals surface area contributed by atoms with Gasteiger partial charge in [0.1, 0.15) is 6.10 Å². The molecule has 0 saturated carbocycles. The number of nitrogens with one attached hydrogen (secondary N) is 1. The van der Waals surface area contributed by atoms with Gasteiger partial charge in [0.15, 0.2) is 6.10 Å². The first-order valence-electron chi connectivity index (χ1n) is 6.10. The van der Waals surface area contributed by atoms with E-state index in [1.165, 1.54) is 0 Å². The summed E-state index contributed by atoms with van der Waals surface area (Å²) in [5, 5.41) is 11.6. The SMILES string of the molecule is O=C(O)C1CCC(C(=O)NC2CCS(=O)CC2)O1. The maximum Gasteiger partial charge on any atom is 0.332 e. The second kappa shape index (κ2) is 5.79. The summed E-state index contributed by atoms with van der Waals surface area (Å²) in [7, 11) is -0.750. The van der Waals surface area contributed by atoms with Gasteiger partial charge in [0, 0.05) is 28.3 Å². The number of carbonyl (C=O) groups excluding carboxylic acids is 1. The molecule has 2 fully saturated rings. The van der Waals surface area contributed by atoms with Crippen LogP contribution in [-0.4, -0.2) is 50.9 Å². The normalized spacial score (nSPS) is 36.2. The number of aliphatic carboxylic acids is 1. The van der Waals surface area contributed by atoms with Crippen LogP contribution in [0.4, 0.5) is 0 Å². The number of hydrogen-bond acceptors (Lipinski definition) is 4. The lowest BCUT2D eigenvalue weighted by molar-refractivity contribution is -0.151. The molecular weight excluding hydrogens is 258 g/mol. The molecule has 2 aliphatic rings. The lowest BCUT2D eigenvalue weighted by atomic mass is 10.1. The Morgan fingerprint density at radius 3 is 2.28 bits per heavy atom. The van der Waals surface area contributed by atoms with Gasteiger partial charge in [0.05, 0.1) is 0 Å². The summed E-state index contributed by atoms with van der Waals surface area (Å²) in [6.07, 6.45) is 0.739. The molecule has 2 unspecified atom stereocenters. The summed E-state index contributed by atoms with van der Waals surface area (Å²) in [5.41, 5.74) is 0. The van der Waals surface area contributed by atoms with E-state index in [9.17, 15) is 13.8 Å². The van der Waals surface area contributed by atoms with Crippen molar-refractivity contribution in [2.75, 3.05) is 11.5 Å². The molecule has 0 aliphatic carbocycles. The maximum atomic E-state index is 11.9. The molecule has 0 spiro atoms. The highest BCUT2D eigenvalue weighted by Gasteiger charge is 2.35. The van der Waals surface area contributed by atoms with Crippen molar-refractivity contribution in [2.45, 2.75) is 43.9 Å². The minimum absolute atomic E-state index is 0.0441. The summed E-state index contributed by atoms with van der Waals surface area (Å²) < 4.78 is 16.4. The fourth-order valence-electron chi connectivity index (χ4n) is 2.24. The number of carbonyl (C=O) groups is 2. The fourth-order valence-corrected chi connectivity index (χ4v) is 3.54. The van der Waals surface area contributed by atoms with E-state index in [0.29, 0.717) is 37.2 Å². The third-order valence-corrected chi connectivity index (χ3v) is 4.70. The molecule has 0 aromatic carbocycles. The van der Waals surface area contributed by atoms with Crippen LogP contribution >= 0.6 is 0 Å². The summed E-state index contributed by atoms with van der Waals surface area (Å²) >= 11 is 0. The van der Waals surface area contributed by atoms with Crippen molar-refractivity contribution in [1.82, 2.24) is 5.32 Å². The first-order valence-corrected chi connectivity index (χ1v) is 7.58. The van der Waals surface area contributed by atoms with Crippen molar-refractivity contribution < 1.29 is 23.6 Å². The van der Waals surface area contributed by atoms with E-state index in [0.717, 1.165) is 0 Å². The van der Waals surface area contributed by atoms with Gasteiger partial charge in [-0.25, -0.2) is 4.79 Å². The molecule has 1 amide bonds. The molecule has 2 atom stereocenters. The highest BCUT2D eigenvalue weighted by atomic mass is 32.2. The topological polar surface area (TPSA) is 92.7 Å². The molecule has 2 rings (SSSR count). The molecule has 102 valence electrons. The summed E-state index contributed by atoms with van der Waals surface area (Å²) in [6, 6.07) is 0.0441. The molecule has 18 heavy (non-hydrogen) atoms. The van der Waals surface area contributed by atoms with Crippen molar-refractivity contribution in [1.29, 1.82) is 0 Å². The molecule has 2 saturated heterocycles. The second-order valence-corrected chi connectivity index (χ2v) is 6.36. The zero-order valence-corrected chi connectivity index (χ0v) is 10.8. The predicted molar refractivity (Wildman–Crippen MR) is 64.6 cm³/mol. The van der Waals surface area contributed by atoms with Crippen LogP contribution in [-0.2, 0) is 25.1 Å². The van der Waals surface area contributed by atoms with Crippen LogP contribution in [0.5, 0.6) is 0 Å². The molecule has 6 nitrogen and oxygen atoms in total. The average molecular weight is 275 g/mol. The lowest BCUT2D eigenvalue weighted by Crippen LogP contribution is -2.44. The van der Waals surface area contributed by atoms with Crippen molar-refractivity contribution in [3.05, 3.63) is 0 Å². The van der Waals surface area contributed by atoms with Gasteiger partial charge in [-0.3, -0.25) is 9.00 Å². The Morgan fingerprint density at radius 1 is 1.11 bits per heavy atom. The average Bonchev–Trinajstić information content (AvgIpc) is 2.81. The summed E-state index contributed by atoms with van der Waals surface area (Å²) in [5.74, 6) is -0.0163. The number of ether oxygens (including phenoxy) is 1. The Kier molecular flexibility index (Phi) is 4.34. The van der Waals surface area contributed by atoms with Crippen molar-refractivity contribution in [2.24, 2.45) is 0 Å². The van der Waals surface area contributed by atoms with Crippen LogP contribution in [0, 0.1) is 0 Å². The third kappa shape index (κ3) is 3.29. The highest BCUT2D eigenvalue weighted by Crippen LogP contribution is 2.20. The third-order valence-electron chi connectivity index (χ3n) is 3.32. The molecule has 0 aromatic heterocycles. The molecule has 0 radical (unpaired) electrons. The van der Waals surface area contributed by atoms with E-state index in [-0.39, 0.29) is 11.9 Å². The number of amides is 1. The van der Waals surface area contributed by atoms with Crippen molar-refractivity contribution in [3.63, 3.8) is 0 Å². The second-order valence-electron chi connectivity index (χ2n) is 4.66. The van der Waals surface area contributed by atoms with Gasteiger partial charge in [-0.15, -0.1) is 0 Å². The Labute approximate surface area is 108 Å². The van der Waals surface area contributed by atoms with Crippen LogP contribution in [0.25, 0.3) is 0 Å². The molecule has 0 aromatic rings. The van der Waals surface area contributed by atoms with Gasteiger partial charge in [0.25, 0.3) is 0 Å². The smallest absolute Gasteiger partial charge is 0.332 e.